The summed E-state index contributed by atoms with van der Waals surface area (Å²) in [5.74, 6) is 0.858. The summed E-state index contributed by atoms with van der Waals surface area (Å²) in [7, 11) is -0.550. The quantitative estimate of drug-likeness (QED) is 0.835. The third-order valence-corrected chi connectivity index (χ3v) is 5.23. The van der Waals surface area contributed by atoms with Gasteiger partial charge in [0, 0.05) is 11.8 Å². The van der Waals surface area contributed by atoms with Crippen LogP contribution >= 0.6 is 0 Å². The van der Waals surface area contributed by atoms with Gasteiger partial charge in [0.15, 0.2) is 17.6 Å². The molecular weight excluding hydrogens is 372 g/mol. The fourth-order valence-corrected chi connectivity index (χ4v) is 3.70. The van der Waals surface area contributed by atoms with E-state index in [1.54, 1.807) is 42.5 Å². The average molecular weight is 392 g/mol. The molecule has 0 saturated carbocycles. The van der Waals surface area contributed by atoms with Gasteiger partial charge in [-0.25, -0.2) is 8.42 Å². The Morgan fingerprint density at radius 2 is 1.85 bits per heavy atom. The minimum absolute atomic E-state index is 0.116. The number of amides is 1. The molecule has 1 amide bonds. The van der Waals surface area contributed by atoms with Crippen molar-refractivity contribution in [3.05, 3.63) is 42.5 Å². The number of anilines is 2. The fourth-order valence-electron chi connectivity index (χ4n) is 2.79. The summed E-state index contributed by atoms with van der Waals surface area (Å²) in [6, 6.07) is 11.6. The van der Waals surface area contributed by atoms with E-state index in [1.165, 1.54) is 18.5 Å². The maximum atomic E-state index is 12.7. The van der Waals surface area contributed by atoms with Crippen molar-refractivity contribution in [3.8, 4) is 17.2 Å². The van der Waals surface area contributed by atoms with Crippen molar-refractivity contribution < 1.29 is 27.4 Å². The van der Waals surface area contributed by atoms with Crippen molar-refractivity contribution in [2.75, 3.05) is 36.6 Å². The molecule has 2 aromatic rings. The number of carbonyl (C=O) groups excluding carboxylic acids is 1. The summed E-state index contributed by atoms with van der Waals surface area (Å²) >= 11 is 0. The molecule has 3 rings (SSSR count). The molecule has 1 N–H and O–H groups in total. The van der Waals surface area contributed by atoms with Gasteiger partial charge in [0.1, 0.15) is 5.75 Å². The standard InChI is InChI=1S/C18H20N2O6S/c1-24-15-9-8-12(10-16(15)25-2)19-18(21)17-11-20(27(3,22)23)13-6-4-5-7-14(13)26-17/h4-10,17H,11H2,1-3H3,(H,19,21)/t17-/m0/s1. The second-order valence-corrected chi connectivity index (χ2v) is 7.83. The Morgan fingerprint density at radius 1 is 1.15 bits per heavy atom. The second-order valence-electron chi connectivity index (χ2n) is 5.93. The molecule has 1 heterocycles. The molecule has 1 aliphatic heterocycles. The van der Waals surface area contributed by atoms with E-state index in [2.05, 4.69) is 5.32 Å². The van der Waals surface area contributed by atoms with Crippen LogP contribution in [0, 0.1) is 0 Å². The Kier molecular flexibility index (Phi) is 5.13. The molecule has 27 heavy (non-hydrogen) atoms. The third kappa shape index (κ3) is 3.92. The molecule has 0 spiro atoms. The topological polar surface area (TPSA) is 94.2 Å². The molecule has 0 bridgehead atoms. The summed E-state index contributed by atoms with van der Waals surface area (Å²) in [5, 5.41) is 2.72. The van der Waals surface area contributed by atoms with E-state index in [0.29, 0.717) is 28.6 Å². The smallest absolute Gasteiger partial charge is 0.267 e. The Hall–Kier alpha value is -2.94. The lowest BCUT2D eigenvalue weighted by Crippen LogP contribution is -2.48. The Bertz CT molecular complexity index is 960. The van der Waals surface area contributed by atoms with Crippen LogP contribution in [0.5, 0.6) is 17.2 Å². The SMILES string of the molecule is COc1ccc(NC(=O)[C@@H]2CN(S(C)(=O)=O)c3ccccc3O2)cc1OC. The van der Waals surface area contributed by atoms with Crippen molar-refractivity contribution in [1.29, 1.82) is 0 Å². The second kappa shape index (κ2) is 7.36. The summed E-state index contributed by atoms with van der Waals surface area (Å²) < 4.78 is 41.6. The molecule has 0 unspecified atom stereocenters. The molecule has 144 valence electrons. The number of methoxy groups -OCH3 is 2. The molecule has 2 aromatic carbocycles. The lowest BCUT2D eigenvalue weighted by Gasteiger charge is -2.33. The molecular formula is C18H20N2O6S. The van der Waals surface area contributed by atoms with Crippen LogP contribution in [0.15, 0.2) is 42.5 Å². The predicted molar refractivity (Wildman–Crippen MR) is 101 cm³/mol. The largest absolute Gasteiger partial charge is 0.493 e. The highest BCUT2D eigenvalue weighted by molar-refractivity contribution is 7.92. The lowest BCUT2D eigenvalue weighted by atomic mass is 10.2. The third-order valence-electron chi connectivity index (χ3n) is 4.08. The minimum Gasteiger partial charge on any atom is -0.493 e. The van der Waals surface area contributed by atoms with Crippen LogP contribution in [0.3, 0.4) is 0 Å². The molecule has 0 radical (unpaired) electrons. The maximum absolute atomic E-state index is 12.7. The van der Waals surface area contributed by atoms with Gasteiger partial charge in [-0.05, 0) is 24.3 Å². The summed E-state index contributed by atoms with van der Waals surface area (Å²) in [6.45, 7) is -0.116. The van der Waals surface area contributed by atoms with Gasteiger partial charge in [0.2, 0.25) is 10.0 Å². The number of sulfonamides is 1. The van der Waals surface area contributed by atoms with Gasteiger partial charge in [0.05, 0.1) is 32.7 Å². The highest BCUT2D eigenvalue weighted by Gasteiger charge is 2.34. The first-order valence-corrected chi connectivity index (χ1v) is 9.94. The number of nitrogens with zero attached hydrogens (tertiary/aromatic N) is 1. The Balaban J connectivity index is 1.84. The highest BCUT2D eigenvalue weighted by Crippen LogP contribution is 2.35. The monoisotopic (exact) mass is 392 g/mol. The molecule has 0 saturated heterocycles. The van der Waals surface area contributed by atoms with Crippen molar-refractivity contribution in [1.82, 2.24) is 0 Å². The van der Waals surface area contributed by atoms with E-state index in [1.807, 2.05) is 0 Å². The molecule has 1 aliphatic rings. The number of rotatable bonds is 5. The zero-order chi connectivity index (χ0) is 19.6. The Labute approximate surface area is 157 Å². The van der Waals surface area contributed by atoms with E-state index >= 15 is 0 Å². The number of fused-ring (bicyclic) bond motifs is 1. The number of hydrogen-bond donors (Lipinski definition) is 1. The van der Waals surface area contributed by atoms with Gasteiger partial charge in [-0.1, -0.05) is 12.1 Å². The minimum atomic E-state index is -3.56. The number of ether oxygens (including phenoxy) is 3. The van der Waals surface area contributed by atoms with Crippen molar-refractivity contribution in [2.45, 2.75) is 6.10 Å². The first kappa shape index (κ1) is 18.8. The van der Waals surface area contributed by atoms with Gasteiger partial charge in [-0.3, -0.25) is 9.10 Å². The lowest BCUT2D eigenvalue weighted by molar-refractivity contribution is -0.122. The van der Waals surface area contributed by atoms with E-state index < -0.39 is 22.0 Å². The van der Waals surface area contributed by atoms with E-state index in [0.717, 1.165) is 6.26 Å². The molecule has 0 aliphatic carbocycles. The van der Waals surface area contributed by atoms with Crippen LogP contribution in [-0.2, 0) is 14.8 Å². The zero-order valence-electron chi connectivity index (χ0n) is 15.1. The van der Waals surface area contributed by atoms with Gasteiger partial charge in [0.25, 0.3) is 5.91 Å². The van der Waals surface area contributed by atoms with Crippen LogP contribution in [0.2, 0.25) is 0 Å². The van der Waals surface area contributed by atoms with Crippen LogP contribution < -0.4 is 23.8 Å². The molecule has 1 atom stereocenters. The number of hydrogen-bond acceptors (Lipinski definition) is 6. The summed E-state index contributed by atoms with van der Waals surface area (Å²) in [6.07, 6.45) is 0.0982. The number of nitrogens with one attached hydrogen (secondary N) is 1. The summed E-state index contributed by atoms with van der Waals surface area (Å²) in [4.78, 5) is 12.7. The van der Waals surface area contributed by atoms with E-state index in [9.17, 15) is 13.2 Å². The molecule has 9 heteroatoms. The average Bonchev–Trinajstić information content (AvgIpc) is 2.66. The number of carbonyl (C=O) groups is 1. The number of benzene rings is 2. The van der Waals surface area contributed by atoms with Crippen LogP contribution in [0.1, 0.15) is 0 Å². The molecule has 0 fully saturated rings. The van der Waals surface area contributed by atoms with Gasteiger partial charge in [-0.2, -0.15) is 0 Å². The summed E-state index contributed by atoms with van der Waals surface area (Å²) in [5.41, 5.74) is 0.890. The van der Waals surface area contributed by atoms with E-state index in [-0.39, 0.29) is 6.54 Å². The van der Waals surface area contributed by atoms with Crippen LogP contribution in [0.4, 0.5) is 11.4 Å². The van der Waals surface area contributed by atoms with Crippen molar-refractivity contribution in [2.24, 2.45) is 0 Å². The van der Waals surface area contributed by atoms with Crippen molar-refractivity contribution >= 4 is 27.3 Å². The van der Waals surface area contributed by atoms with Crippen LogP contribution in [-0.4, -0.2) is 47.4 Å². The van der Waals surface area contributed by atoms with Gasteiger partial charge in [-0.15, -0.1) is 0 Å². The number of para-hydroxylation sites is 2. The Morgan fingerprint density at radius 3 is 2.52 bits per heavy atom. The van der Waals surface area contributed by atoms with Crippen molar-refractivity contribution in [3.63, 3.8) is 0 Å². The van der Waals surface area contributed by atoms with Crippen LogP contribution in [0.25, 0.3) is 0 Å². The van der Waals surface area contributed by atoms with Gasteiger partial charge >= 0.3 is 0 Å². The van der Waals surface area contributed by atoms with Gasteiger partial charge < -0.3 is 19.5 Å². The predicted octanol–water partition coefficient (Wildman–Crippen LogP) is 1.87. The fraction of sp³-hybridized carbons (Fsp3) is 0.278. The first-order chi connectivity index (χ1) is 12.8. The first-order valence-electron chi connectivity index (χ1n) is 8.09. The highest BCUT2D eigenvalue weighted by atomic mass is 32.2. The zero-order valence-corrected chi connectivity index (χ0v) is 15.9. The normalized spacial score (nSPS) is 16.1. The van der Waals surface area contributed by atoms with E-state index in [4.69, 9.17) is 14.2 Å². The molecule has 8 nitrogen and oxygen atoms in total. The maximum Gasteiger partial charge on any atom is 0.267 e. The molecule has 0 aromatic heterocycles.